The monoisotopic (exact) mass is 327 g/mol. The lowest BCUT2D eigenvalue weighted by molar-refractivity contribution is -0.129. The zero-order valence-electron chi connectivity index (χ0n) is 13.6. The average molecular weight is 327 g/mol. The van der Waals surface area contributed by atoms with Gasteiger partial charge in [-0.1, -0.05) is 19.3 Å². The third-order valence-electron chi connectivity index (χ3n) is 4.74. The number of amides is 2. The van der Waals surface area contributed by atoms with Gasteiger partial charge in [0.15, 0.2) is 0 Å². The summed E-state index contributed by atoms with van der Waals surface area (Å²) in [5.41, 5.74) is 5.94. The second kappa shape index (κ2) is 8.77. The van der Waals surface area contributed by atoms with Crippen LogP contribution in [0, 0.1) is 5.92 Å². The van der Waals surface area contributed by atoms with Crippen LogP contribution in [0.3, 0.4) is 0 Å². The van der Waals surface area contributed by atoms with Crippen molar-refractivity contribution in [2.45, 2.75) is 57.0 Å². The lowest BCUT2D eigenvalue weighted by Gasteiger charge is -2.31. The van der Waals surface area contributed by atoms with Crippen LogP contribution in [-0.2, 0) is 9.59 Å². The second-order valence-corrected chi connectivity index (χ2v) is 7.58. The number of nitrogens with one attached hydrogen (secondary N) is 1. The van der Waals surface area contributed by atoms with Gasteiger partial charge in [0, 0.05) is 25.7 Å². The zero-order valence-corrected chi connectivity index (χ0v) is 14.4. The number of nitrogens with zero attached hydrogens (tertiary/aromatic N) is 1. The molecule has 1 atom stereocenters. The minimum Gasteiger partial charge on any atom is -0.354 e. The lowest BCUT2D eigenvalue weighted by atomic mass is 9.94. The molecule has 0 heterocycles. The Labute approximate surface area is 137 Å². The highest BCUT2D eigenvalue weighted by molar-refractivity contribution is 8.00. The van der Waals surface area contributed by atoms with Crippen LogP contribution in [0.1, 0.15) is 44.9 Å². The van der Waals surface area contributed by atoms with Gasteiger partial charge < -0.3 is 16.0 Å². The summed E-state index contributed by atoms with van der Waals surface area (Å²) in [5.74, 6) is 1.43. The molecule has 1 unspecified atom stereocenters. The van der Waals surface area contributed by atoms with Crippen LogP contribution < -0.4 is 11.1 Å². The fourth-order valence-electron chi connectivity index (χ4n) is 2.98. The summed E-state index contributed by atoms with van der Waals surface area (Å²) in [6.07, 6.45) is 8.34. The molecule has 3 N–H and O–H groups in total. The van der Waals surface area contributed by atoms with Crippen molar-refractivity contribution in [3.05, 3.63) is 0 Å². The Balaban J connectivity index is 1.56. The van der Waals surface area contributed by atoms with Crippen molar-refractivity contribution in [1.29, 1.82) is 0 Å². The molecule has 2 rings (SSSR count). The summed E-state index contributed by atoms with van der Waals surface area (Å²) in [6, 6.07) is 0.486. The third-order valence-corrected chi connectivity index (χ3v) is 5.65. The highest BCUT2D eigenvalue weighted by Crippen LogP contribution is 2.31. The smallest absolute Gasteiger partial charge is 0.232 e. The lowest BCUT2D eigenvalue weighted by Crippen LogP contribution is -2.40. The number of hydrogen-bond donors (Lipinski definition) is 2. The molecule has 0 aromatic rings. The molecule has 126 valence electrons. The maximum Gasteiger partial charge on any atom is 0.232 e. The Hall–Kier alpha value is -0.750. The molecule has 2 amide bonds. The van der Waals surface area contributed by atoms with Gasteiger partial charge in [-0.3, -0.25) is 9.59 Å². The molecule has 2 aliphatic carbocycles. The molecule has 2 saturated carbocycles. The predicted octanol–water partition coefficient (Wildman–Crippen LogP) is 1.36. The first-order valence-electron chi connectivity index (χ1n) is 8.43. The van der Waals surface area contributed by atoms with Gasteiger partial charge in [0.1, 0.15) is 0 Å². The molecule has 0 aliphatic heterocycles. The maximum absolute atomic E-state index is 12.1. The molecular formula is C16H29N3O2S. The second-order valence-electron chi connectivity index (χ2n) is 6.59. The van der Waals surface area contributed by atoms with Crippen LogP contribution >= 0.6 is 11.8 Å². The Kier molecular flexibility index (Phi) is 7.02. The van der Waals surface area contributed by atoms with E-state index in [1.165, 1.54) is 43.9 Å². The first-order chi connectivity index (χ1) is 10.6. The van der Waals surface area contributed by atoms with E-state index in [-0.39, 0.29) is 17.9 Å². The van der Waals surface area contributed by atoms with E-state index in [0.29, 0.717) is 30.0 Å². The average Bonchev–Trinajstić information content (AvgIpc) is 3.37. The summed E-state index contributed by atoms with van der Waals surface area (Å²) in [7, 11) is 1.90. The fraction of sp³-hybridized carbons (Fsp3) is 0.875. The van der Waals surface area contributed by atoms with Gasteiger partial charge in [0.25, 0.3) is 0 Å². The van der Waals surface area contributed by atoms with Crippen LogP contribution in [0.15, 0.2) is 0 Å². The molecule has 0 radical (unpaired) electrons. The number of rotatable bonds is 8. The predicted molar refractivity (Wildman–Crippen MR) is 90.7 cm³/mol. The molecular weight excluding hydrogens is 298 g/mol. The summed E-state index contributed by atoms with van der Waals surface area (Å²) in [5, 5.41) is 2.86. The SMILES string of the molecule is CN(C(=O)CSCC(=O)NCC(N)C1CC1)C1CCCCC1. The van der Waals surface area contributed by atoms with Gasteiger partial charge in [0.2, 0.25) is 11.8 Å². The molecule has 22 heavy (non-hydrogen) atoms. The maximum atomic E-state index is 12.1. The van der Waals surface area contributed by atoms with Crippen LogP contribution in [0.25, 0.3) is 0 Å². The third kappa shape index (κ3) is 5.80. The number of carbonyl (C=O) groups excluding carboxylic acids is 2. The van der Waals surface area contributed by atoms with Crippen molar-refractivity contribution in [3.8, 4) is 0 Å². The first-order valence-corrected chi connectivity index (χ1v) is 9.59. The fourth-order valence-corrected chi connectivity index (χ4v) is 3.75. The van der Waals surface area contributed by atoms with Crippen LogP contribution in [-0.4, -0.2) is 53.9 Å². The molecule has 0 bridgehead atoms. The van der Waals surface area contributed by atoms with E-state index in [4.69, 9.17) is 5.73 Å². The minimum atomic E-state index is -0.0192. The van der Waals surface area contributed by atoms with E-state index in [9.17, 15) is 9.59 Å². The largest absolute Gasteiger partial charge is 0.354 e. The molecule has 2 aliphatic rings. The van der Waals surface area contributed by atoms with E-state index in [1.54, 1.807) is 0 Å². The summed E-state index contributed by atoms with van der Waals surface area (Å²) in [6.45, 7) is 0.556. The Morgan fingerprint density at radius 2 is 1.86 bits per heavy atom. The first kappa shape index (κ1) is 17.6. The zero-order chi connectivity index (χ0) is 15.9. The summed E-state index contributed by atoms with van der Waals surface area (Å²) >= 11 is 1.39. The normalized spacial score (nSPS) is 20.5. The summed E-state index contributed by atoms with van der Waals surface area (Å²) in [4.78, 5) is 25.8. The van der Waals surface area contributed by atoms with Crippen molar-refractivity contribution in [1.82, 2.24) is 10.2 Å². The van der Waals surface area contributed by atoms with Crippen molar-refractivity contribution in [2.24, 2.45) is 11.7 Å². The van der Waals surface area contributed by atoms with Gasteiger partial charge in [-0.25, -0.2) is 0 Å². The molecule has 0 saturated heterocycles. The Morgan fingerprint density at radius 3 is 2.50 bits per heavy atom. The topological polar surface area (TPSA) is 75.4 Å². The van der Waals surface area contributed by atoms with Crippen molar-refractivity contribution >= 4 is 23.6 Å². The Morgan fingerprint density at radius 1 is 1.18 bits per heavy atom. The molecule has 0 spiro atoms. The Bertz CT molecular complexity index is 382. The quantitative estimate of drug-likeness (QED) is 0.706. The van der Waals surface area contributed by atoms with Gasteiger partial charge in [0.05, 0.1) is 11.5 Å². The van der Waals surface area contributed by atoms with Gasteiger partial charge in [-0.2, -0.15) is 0 Å². The van der Waals surface area contributed by atoms with E-state index in [1.807, 2.05) is 11.9 Å². The van der Waals surface area contributed by atoms with E-state index in [2.05, 4.69) is 5.32 Å². The van der Waals surface area contributed by atoms with Gasteiger partial charge in [-0.05, 0) is 31.6 Å². The standard InChI is InChI=1S/C16H29N3O2S/c1-19(13-5-3-2-4-6-13)16(21)11-22-10-15(20)18-9-14(17)12-7-8-12/h12-14H,2-11,17H2,1H3,(H,18,20). The van der Waals surface area contributed by atoms with Gasteiger partial charge in [-0.15, -0.1) is 11.8 Å². The number of hydrogen-bond acceptors (Lipinski definition) is 4. The number of thioether (sulfide) groups is 1. The highest BCUT2D eigenvalue weighted by atomic mass is 32.2. The van der Waals surface area contributed by atoms with Crippen LogP contribution in [0.2, 0.25) is 0 Å². The van der Waals surface area contributed by atoms with Gasteiger partial charge >= 0.3 is 0 Å². The van der Waals surface area contributed by atoms with Crippen molar-refractivity contribution in [3.63, 3.8) is 0 Å². The van der Waals surface area contributed by atoms with Crippen molar-refractivity contribution in [2.75, 3.05) is 25.1 Å². The van der Waals surface area contributed by atoms with E-state index < -0.39 is 0 Å². The molecule has 0 aromatic carbocycles. The molecule has 0 aromatic heterocycles. The summed E-state index contributed by atoms with van der Waals surface area (Å²) < 4.78 is 0. The molecule has 5 nitrogen and oxygen atoms in total. The number of carbonyl (C=O) groups is 2. The highest BCUT2D eigenvalue weighted by Gasteiger charge is 2.28. The van der Waals surface area contributed by atoms with Crippen LogP contribution in [0.5, 0.6) is 0 Å². The van der Waals surface area contributed by atoms with E-state index >= 15 is 0 Å². The molecule has 6 heteroatoms. The number of nitrogens with two attached hydrogens (primary N) is 1. The van der Waals surface area contributed by atoms with Crippen LogP contribution in [0.4, 0.5) is 0 Å². The van der Waals surface area contributed by atoms with Crippen molar-refractivity contribution < 1.29 is 9.59 Å². The molecule has 2 fully saturated rings. The van der Waals surface area contributed by atoms with E-state index in [0.717, 1.165) is 12.8 Å². The minimum absolute atomic E-state index is 0.0192.